The molecule has 0 N–H and O–H groups in total. The van der Waals surface area contributed by atoms with E-state index in [0.29, 0.717) is 12.5 Å². The second-order valence-electron chi connectivity index (χ2n) is 4.78. The normalized spacial score (nSPS) is 10.6. The van der Waals surface area contributed by atoms with E-state index in [1.165, 1.54) is 0 Å². The zero-order valence-corrected chi connectivity index (χ0v) is 11.0. The summed E-state index contributed by atoms with van der Waals surface area (Å²) in [7, 11) is 0. The Morgan fingerprint density at radius 2 is 2.11 bits per heavy atom. The Kier molecular flexibility index (Phi) is 3.47. The zero-order chi connectivity index (χ0) is 13.1. The second-order valence-corrected chi connectivity index (χ2v) is 4.78. The predicted octanol–water partition coefficient (Wildman–Crippen LogP) is 3.51. The molecule has 3 nitrogen and oxygen atoms in total. The van der Waals surface area contributed by atoms with Gasteiger partial charge in [-0.3, -0.25) is 4.68 Å². The molecule has 1 heterocycles. The van der Waals surface area contributed by atoms with Crippen LogP contribution >= 0.6 is 0 Å². The van der Waals surface area contributed by atoms with Crippen LogP contribution in [0.25, 0.3) is 11.1 Å². The first-order chi connectivity index (χ1) is 8.61. The third kappa shape index (κ3) is 2.43. The lowest BCUT2D eigenvalue weighted by atomic mass is 10.0. The highest BCUT2D eigenvalue weighted by Gasteiger charge is 2.06. The van der Waals surface area contributed by atoms with Gasteiger partial charge in [0, 0.05) is 17.8 Å². The molecular formula is C15H17N3. The van der Waals surface area contributed by atoms with Gasteiger partial charge in [0.25, 0.3) is 0 Å². The topological polar surface area (TPSA) is 41.6 Å². The summed E-state index contributed by atoms with van der Waals surface area (Å²) >= 11 is 0. The molecule has 0 unspecified atom stereocenters. The molecule has 0 aliphatic carbocycles. The molecule has 1 aromatic carbocycles. The molecule has 0 saturated carbocycles. The number of nitrogens with zero attached hydrogens (tertiary/aromatic N) is 3. The molecule has 0 aliphatic heterocycles. The predicted molar refractivity (Wildman–Crippen MR) is 72.1 cm³/mol. The van der Waals surface area contributed by atoms with E-state index in [0.717, 1.165) is 22.3 Å². The van der Waals surface area contributed by atoms with E-state index < -0.39 is 0 Å². The van der Waals surface area contributed by atoms with Crippen LogP contribution in [-0.4, -0.2) is 9.78 Å². The van der Waals surface area contributed by atoms with Crippen molar-refractivity contribution in [1.82, 2.24) is 9.78 Å². The highest BCUT2D eigenvalue weighted by Crippen LogP contribution is 2.23. The lowest BCUT2D eigenvalue weighted by Gasteiger charge is -2.05. The van der Waals surface area contributed by atoms with Gasteiger partial charge in [-0.15, -0.1) is 0 Å². The highest BCUT2D eigenvalue weighted by atomic mass is 15.3. The average Bonchev–Trinajstić information content (AvgIpc) is 2.81. The van der Waals surface area contributed by atoms with Crippen LogP contribution in [0.4, 0.5) is 0 Å². The van der Waals surface area contributed by atoms with E-state index in [1.54, 1.807) is 0 Å². The van der Waals surface area contributed by atoms with E-state index in [4.69, 9.17) is 5.26 Å². The Labute approximate surface area is 108 Å². The standard InChI is InChI=1S/C15H17N3/c1-11(2)18-10-15(9-17-18)14-5-4-13(6-7-16)12(3)8-14/h4-5,8-11H,6H2,1-3H3. The maximum atomic E-state index is 8.73. The van der Waals surface area contributed by atoms with Gasteiger partial charge in [-0.1, -0.05) is 18.2 Å². The number of benzene rings is 1. The Morgan fingerprint density at radius 1 is 1.33 bits per heavy atom. The molecule has 0 aliphatic rings. The lowest BCUT2D eigenvalue weighted by Crippen LogP contribution is -1.99. The van der Waals surface area contributed by atoms with Crippen molar-refractivity contribution in [2.24, 2.45) is 0 Å². The minimum Gasteiger partial charge on any atom is -0.270 e. The van der Waals surface area contributed by atoms with Crippen LogP contribution in [0.5, 0.6) is 0 Å². The van der Waals surface area contributed by atoms with Gasteiger partial charge in [-0.05, 0) is 37.5 Å². The molecule has 3 heteroatoms. The second kappa shape index (κ2) is 5.05. The first-order valence-corrected chi connectivity index (χ1v) is 6.13. The van der Waals surface area contributed by atoms with Crippen LogP contribution in [0, 0.1) is 18.3 Å². The van der Waals surface area contributed by atoms with E-state index in [-0.39, 0.29) is 0 Å². The van der Waals surface area contributed by atoms with Gasteiger partial charge in [0.05, 0.1) is 18.7 Å². The van der Waals surface area contributed by atoms with Gasteiger partial charge in [0.1, 0.15) is 0 Å². The minimum absolute atomic E-state index is 0.373. The van der Waals surface area contributed by atoms with E-state index in [2.05, 4.69) is 43.3 Å². The van der Waals surface area contributed by atoms with Gasteiger partial charge >= 0.3 is 0 Å². The first kappa shape index (κ1) is 12.4. The zero-order valence-electron chi connectivity index (χ0n) is 11.0. The largest absolute Gasteiger partial charge is 0.270 e. The summed E-state index contributed by atoms with van der Waals surface area (Å²) in [6.45, 7) is 6.26. The van der Waals surface area contributed by atoms with E-state index in [9.17, 15) is 0 Å². The number of rotatable bonds is 3. The molecule has 0 spiro atoms. The molecule has 0 radical (unpaired) electrons. The summed E-state index contributed by atoms with van der Waals surface area (Å²) in [4.78, 5) is 0. The monoisotopic (exact) mass is 239 g/mol. The highest BCUT2D eigenvalue weighted by molar-refractivity contribution is 5.63. The average molecular weight is 239 g/mol. The number of hydrogen-bond acceptors (Lipinski definition) is 2. The summed E-state index contributed by atoms with van der Waals surface area (Å²) in [5.74, 6) is 0. The molecule has 0 bridgehead atoms. The van der Waals surface area contributed by atoms with Crippen LogP contribution in [-0.2, 0) is 6.42 Å². The van der Waals surface area contributed by atoms with Crippen LogP contribution in [0.3, 0.4) is 0 Å². The Hall–Kier alpha value is -2.08. The fourth-order valence-corrected chi connectivity index (χ4v) is 1.93. The fraction of sp³-hybridized carbons (Fsp3) is 0.333. The molecule has 1 aromatic heterocycles. The summed E-state index contributed by atoms with van der Waals surface area (Å²) in [5, 5.41) is 13.1. The van der Waals surface area contributed by atoms with Crippen LogP contribution < -0.4 is 0 Å². The van der Waals surface area contributed by atoms with Gasteiger partial charge in [-0.2, -0.15) is 10.4 Å². The summed E-state index contributed by atoms with van der Waals surface area (Å²) < 4.78 is 1.95. The van der Waals surface area contributed by atoms with Crippen molar-refractivity contribution in [1.29, 1.82) is 5.26 Å². The maximum Gasteiger partial charge on any atom is 0.0669 e. The van der Waals surface area contributed by atoms with Crippen LogP contribution in [0.2, 0.25) is 0 Å². The molecule has 0 amide bonds. The van der Waals surface area contributed by atoms with Crippen molar-refractivity contribution in [3.05, 3.63) is 41.7 Å². The van der Waals surface area contributed by atoms with Gasteiger partial charge in [0.2, 0.25) is 0 Å². The van der Waals surface area contributed by atoms with Crippen molar-refractivity contribution in [2.45, 2.75) is 33.2 Å². The van der Waals surface area contributed by atoms with Crippen LogP contribution in [0.15, 0.2) is 30.6 Å². The minimum atomic E-state index is 0.373. The van der Waals surface area contributed by atoms with E-state index in [1.807, 2.05) is 23.9 Å². The van der Waals surface area contributed by atoms with Crippen molar-refractivity contribution in [3.8, 4) is 17.2 Å². The first-order valence-electron chi connectivity index (χ1n) is 6.13. The summed E-state index contributed by atoms with van der Waals surface area (Å²) in [6, 6.07) is 8.76. The maximum absolute atomic E-state index is 8.73. The molecule has 0 atom stereocenters. The molecule has 0 fully saturated rings. The van der Waals surface area contributed by atoms with Gasteiger partial charge in [0.15, 0.2) is 0 Å². The number of aryl methyl sites for hydroxylation is 1. The third-order valence-corrected chi connectivity index (χ3v) is 3.08. The molecule has 2 aromatic rings. The van der Waals surface area contributed by atoms with Crippen molar-refractivity contribution in [2.75, 3.05) is 0 Å². The van der Waals surface area contributed by atoms with E-state index >= 15 is 0 Å². The quantitative estimate of drug-likeness (QED) is 0.822. The van der Waals surface area contributed by atoms with Crippen molar-refractivity contribution in [3.63, 3.8) is 0 Å². The fourth-order valence-electron chi connectivity index (χ4n) is 1.93. The van der Waals surface area contributed by atoms with Gasteiger partial charge in [-0.25, -0.2) is 0 Å². The van der Waals surface area contributed by atoms with Gasteiger partial charge < -0.3 is 0 Å². The molecule has 92 valence electrons. The SMILES string of the molecule is Cc1cc(-c2cnn(C(C)C)c2)ccc1CC#N. The van der Waals surface area contributed by atoms with Crippen molar-refractivity contribution >= 4 is 0 Å². The molecule has 18 heavy (non-hydrogen) atoms. The number of nitriles is 1. The third-order valence-electron chi connectivity index (χ3n) is 3.08. The number of aromatic nitrogens is 2. The molecular weight excluding hydrogens is 222 g/mol. The summed E-state index contributed by atoms with van der Waals surface area (Å²) in [5.41, 5.74) is 4.53. The Bertz CT molecular complexity index is 588. The Balaban J connectivity index is 2.33. The number of hydrogen-bond donors (Lipinski definition) is 0. The van der Waals surface area contributed by atoms with Crippen molar-refractivity contribution < 1.29 is 0 Å². The summed E-state index contributed by atoms with van der Waals surface area (Å²) in [6.07, 6.45) is 4.42. The smallest absolute Gasteiger partial charge is 0.0669 e. The molecule has 2 rings (SSSR count). The lowest BCUT2D eigenvalue weighted by molar-refractivity contribution is 0.532. The molecule has 0 saturated heterocycles. The Morgan fingerprint density at radius 3 is 2.67 bits per heavy atom. The van der Waals surface area contributed by atoms with Crippen LogP contribution in [0.1, 0.15) is 31.0 Å².